The molecule has 2 fully saturated rings. The molecule has 1 aliphatic carbocycles. The number of carbonyl (C=O) groups excluding carboxylic acids is 1. The molecule has 5 nitrogen and oxygen atoms in total. The van der Waals surface area contributed by atoms with Crippen molar-refractivity contribution in [1.82, 2.24) is 15.5 Å². The van der Waals surface area contributed by atoms with Crippen LogP contribution in [-0.4, -0.2) is 53.9 Å². The van der Waals surface area contributed by atoms with Gasteiger partial charge in [0.25, 0.3) is 0 Å². The third kappa shape index (κ3) is 4.99. The average Bonchev–Trinajstić information content (AvgIpc) is 3.24. The average molecular weight is 269 g/mol. The van der Waals surface area contributed by atoms with Gasteiger partial charge in [-0.15, -0.1) is 0 Å². The first kappa shape index (κ1) is 14.6. The minimum atomic E-state index is -0.304. The number of hydrogen-bond donors (Lipinski definition) is 3. The van der Waals surface area contributed by atoms with Crippen molar-refractivity contribution in [2.45, 2.75) is 63.6 Å². The molecule has 5 heteroatoms. The molecule has 1 unspecified atom stereocenters. The van der Waals surface area contributed by atoms with Crippen LogP contribution in [0.5, 0.6) is 0 Å². The fourth-order valence-corrected chi connectivity index (χ4v) is 2.64. The Labute approximate surface area is 115 Å². The van der Waals surface area contributed by atoms with Crippen LogP contribution in [0.3, 0.4) is 0 Å². The predicted octanol–water partition coefficient (Wildman–Crippen LogP) is 1.07. The summed E-state index contributed by atoms with van der Waals surface area (Å²) in [6.07, 6.45) is 5.90. The standard InChI is InChI=1S/C14H27N3O2/c1-2-13(18)5-8-15-14(19)16-11-6-9-17(10-7-11)12-3-4-12/h11-13,18H,2-10H2,1H3,(H2,15,16,19). The number of aliphatic hydroxyl groups excluding tert-OH is 1. The molecule has 1 aliphatic heterocycles. The molecule has 1 saturated heterocycles. The summed E-state index contributed by atoms with van der Waals surface area (Å²) < 4.78 is 0. The van der Waals surface area contributed by atoms with Crippen LogP contribution in [0, 0.1) is 0 Å². The lowest BCUT2D eigenvalue weighted by Gasteiger charge is -2.32. The van der Waals surface area contributed by atoms with Gasteiger partial charge in [0.1, 0.15) is 0 Å². The van der Waals surface area contributed by atoms with Crippen LogP contribution >= 0.6 is 0 Å². The highest BCUT2D eigenvalue weighted by Crippen LogP contribution is 2.29. The largest absolute Gasteiger partial charge is 0.393 e. The van der Waals surface area contributed by atoms with Gasteiger partial charge in [0.15, 0.2) is 0 Å². The molecule has 0 radical (unpaired) electrons. The summed E-state index contributed by atoms with van der Waals surface area (Å²) in [5.74, 6) is 0. The number of nitrogens with zero attached hydrogens (tertiary/aromatic N) is 1. The van der Waals surface area contributed by atoms with Crippen LogP contribution in [0.25, 0.3) is 0 Å². The maximum absolute atomic E-state index is 11.7. The molecule has 0 spiro atoms. The number of nitrogens with one attached hydrogen (secondary N) is 2. The number of rotatable bonds is 6. The molecule has 1 heterocycles. The van der Waals surface area contributed by atoms with Gasteiger partial charge in [-0.05, 0) is 38.5 Å². The van der Waals surface area contributed by atoms with E-state index in [9.17, 15) is 9.90 Å². The highest BCUT2D eigenvalue weighted by atomic mass is 16.3. The molecule has 2 aliphatic rings. The van der Waals surface area contributed by atoms with E-state index in [2.05, 4.69) is 15.5 Å². The molecule has 19 heavy (non-hydrogen) atoms. The lowest BCUT2D eigenvalue weighted by atomic mass is 10.1. The SMILES string of the molecule is CCC(O)CCNC(=O)NC1CCN(C2CC2)CC1. The van der Waals surface area contributed by atoms with Gasteiger partial charge >= 0.3 is 6.03 Å². The Morgan fingerprint density at radius 1 is 1.32 bits per heavy atom. The number of likely N-dealkylation sites (tertiary alicyclic amines) is 1. The Morgan fingerprint density at radius 2 is 2.00 bits per heavy atom. The second kappa shape index (κ2) is 7.10. The molecule has 2 rings (SSSR count). The number of carbonyl (C=O) groups is 1. The van der Waals surface area contributed by atoms with Crippen molar-refractivity contribution >= 4 is 6.03 Å². The first-order chi connectivity index (χ1) is 9.19. The number of aliphatic hydroxyl groups is 1. The highest BCUT2D eigenvalue weighted by Gasteiger charge is 2.31. The third-order valence-corrected chi connectivity index (χ3v) is 4.16. The summed E-state index contributed by atoms with van der Waals surface area (Å²) in [6, 6.07) is 1.06. The van der Waals surface area contributed by atoms with Crippen LogP contribution in [0.15, 0.2) is 0 Å². The molecule has 3 N–H and O–H groups in total. The Balaban J connectivity index is 1.55. The normalized spacial score (nSPS) is 23.1. The van der Waals surface area contributed by atoms with E-state index >= 15 is 0 Å². The summed E-state index contributed by atoms with van der Waals surface area (Å²) in [7, 11) is 0. The molecule has 1 saturated carbocycles. The van der Waals surface area contributed by atoms with Crippen LogP contribution in [0.4, 0.5) is 4.79 Å². The fraction of sp³-hybridized carbons (Fsp3) is 0.929. The van der Waals surface area contributed by atoms with E-state index in [4.69, 9.17) is 0 Å². The van der Waals surface area contributed by atoms with Gasteiger partial charge in [-0.3, -0.25) is 0 Å². The second-order valence-electron chi connectivity index (χ2n) is 5.79. The number of piperidine rings is 1. The highest BCUT2D eigenvalue weighted by molar-refractivity contribution is 5.74. The van der Waals surface area contributed by atoms with E-state index < -0.39 is 0 Å². The Kier molecular flexibility index (Phi) is 5.45. The quantitative estimate of drug-likeness (QED) is 0.676. The van der Waals surface area contributed by atoms with Crippen molar-refractivity contribution < 1.29 is 9.90 Å². The van der Waals surface area contributed by atoms with Crippen molar-refractivity contribution in [1.29, 1.82) is 0 Å². The van der Waals surface area contributed by atoms with Gasteiger partial charge in [-0.1, -0.05) is 6.92 Å². The summed E-state index contributed by atoms with van der Waals surface area (Å²) in [4.78, 5) is 14.2. The van der Waals surface area contributed by atoms with Crippen LogP contribution in [0.2, 0.25) is 0 Å². The van der Waals surface area contributed by atoms with Crippen molar-refractivity contribution in [3.8, 4) is 0 Å². The lowest BCUT2D eigenvalue weighted by Crippen LogP contribution is -2.48. The molecule has 0 aromatic rings. The van der Waals surface area contributed by atoms with Crippen molar-refractivity contribution in [3.05, 3.63) is 0 Å². The van der Waals surface area contributed by atoms with Gasteiger partial charge in [0, 0.05) is 31.7 Å². The Morgan fingerprint density at radius 3 is 2.58 bits per heavy atom. The second-order valence-corrected chi connectivity index (χ2v) is 5.79. The molecule has 0 bridgehead atoms. The van der Waals surface area contributed by atoms with E-state index in [0.29, 0.717) is 19.0 Å². The minimum absolute atomic E-state index is 0.0897. The van der Waals surface area contributed by atoms with E-state index in [1.165, 1.54) is 12.8 Å². The first-order valence-corrected chi connectivity index (χ1v) is 7.65. The topological polar surface area (TPSA) is 64.6 Å². The van der Waals surface area contributed by atoms with Crippen molar-refractivity contribution in [2.75, 3.05) is 19.6 Å². The van der Waals surface area contributed by atoms with E-state index in [0.717, 1.165) is 38.4 Å². The zero-order valence-electron chi connectivity index (χ0n) is 11.9. The van der Waals surface area contributed by atoms with Crippen LogP contribution < -0.4 is 10.6 Å². The zero-order chi connectivity index (χ0) is 13.7. The van der Waals surface area contributed by atoms with E-state index in [1.807, 2.05) is 6.92 Å². The maximum Gasteiger partial charge on any atom is 0.315 e. The Hall–Kier alpha value is -0.810. The zero-order valence-corrected chi connectivity index (χ0v) is 11.9. The Bertz CT molecular complexity index is 286. The van der Waals surface area contributed by atoms with Gasteiger partial charge in [0.2, 0.25) is 0 Å². The summed E-state index contributed by atoms with van der Waals surface area (Å²) in [5.41, 5.74) is 0. The van der Waals surface area contributed by atoms with Crippen LogP contribution in [0.1, 0.15) is 45.4 Å². The fourth-order valence-electron chi connectivity index (χ4n) is 2.64. The monoisotopic (exact) mass is 269 g/mol. The smallest absolute Gasteiger partial charge is 0.315 e. The van der Waals surface area contributed by atoms with Gasteiger partial charge in [-0.2, -0.15) is 0 Å². The maximum atomic E-state index is 11.7. The lowest BCUT2D eigenvalue weighted by molar-refractivity contribution is 0.159. The first-order valence-electron chi connectivity index (χ1n) is 7.65. The summed E-state index contributed by atoms with van der Waals surface area (Å²) in [5, 5.41) is 15.3. The predicted molar refractivity (Wildman–Crippen MR) is 75.1 cm³/mol. The minimum Gasteiger partial charge on any atom is -0.393 e. The summed E-state index contributed by atoms with van der Waals surface area (Å²) >= 11 is 0. The van der Waals surface area contributed by atoms with E-state index in [-0.39, 0.29) is 12.1 Å². The molecule has 2 amide bonds. The molecular weight excluding hydrogens is 242 g/mol. The van der Waals surface area contributed by atoms with Crippen LogP contribution in [-0.2, 0) is 0 Å². The number of urea groups is 1. The van der Waals surface area contributed by atoms with Gasteiger partial charge < -0.3 is 20.6 Å². The van der Waals surface area contributed by atoms with Crippen molar-refractivity contribution in [2.24, 2.45) is 0 Å². The number of hydrogen-bond acceptors (Lipinski definition) is 3. The molecule has 110 valence electrons. The number of amides is 2. The molecule has 1 atom stereocenters. The molecule has 0 aromatic heterocycles. The molecule has 0 aromatic carbocycles. The van der Waals surface area contributed by atoms with Gasteiger partial charge in [-0.25, -0.2) is 4.79 Å². The van der Waals surface area contributed by atoms with Crippen molar-refractivity contribution in [3.63, 3.8) is 0 Å². The third-order valence-electron chi connectivity index (χ3n) is 4.16. The summed E-state index contributed by atoms with van der Waals surface area (Å²) in [6.45, 7) is 4.72. The van der Waals surface area contributed by atoms with Gasteiger partial charge in [0.05, 0.1) is 6.10 Å². The van der Waals surface area contributed by atoms with E-state index in [1.54, 1.807) is 0 Å². The molecular formula is C14H27N3O2.